The molecule has 1 aromatic carbocycles. The molecule has 0 bridgehead atoms. The molecule has 126 valence electrons. The van der Waals surface area contributed by atoms with Gasteiger partial charge in [0.25, 0.3) is 0 Å². The lowest BCUT2D eigenvalue weighted by Gasteiger charge is -2.32. The van der Waals surface area contributed by atoms with Gasteiger partial charge in [0.05, 0.1) is 11.2 Å². The molecule has 0 radical (unpaired) electrons. The molecule has 6 heteroatoms. The van der Waals surface area contributed by atoms with Gasteiger partial charge in [0.1, 0.15) is 11.9 Å². The highest BCUT2D eigenvalue weighted by molar-refractivity contribution is 6.62. The van der Waals surface area contributed by atoms with Crippen LogP contribution in [0.3, 0.4) is 0 Å². The Morgan fingerprint density at radius 3 is 2.30 bits per heavy atom. The summed E-state index contributed by atoms with van der Waals surface area (Å²) in [7, 11) is -0.588. The van der Waals surface area contributed by atoms with Gasteiger partial charge in [-0.1, -0.05) is 12.1 Å². The summed E-state index contributed by atoms with van der Waals surface area (Å²) in [6, 6.07) is 4.91. The molecule has 0 aliphatic carbocycles. The number of carbonyl (C=O) groups is 1. The van der Waals surface area contributed by atoms with Crippen LogP contribution in [0.5, 0.6) is 0 Å². The number of halogens is 1. The minimum atomic E-state index is -0.588. The molecule has 1 aliphatic heterocycles. The van der Waals surface area contributed by atoms with Gasteiger partial charge >= 0.3 is 13.1 Å². The monoisotopic (exact) mass is 322 g/mol. The van der Waals surface area contributed by atoms with Crippen LogP contribution in [0, 0.1) is 5.82 Å². The second-order valence-electron chi connectivity index (χ2n) is 7.06. The van der Waals surface area contributed by atoms with E-state index in [0.717, 1.165) is 0 Å². The largest absolute Gasteiger partial charge is 0.494 e. The fourth-order valence-corrected chi connectivity index (χ4v) is 2.49. The highest BCUT2D eigenvalue weighted by Crippen LogP contribution is 2.36. The van der Waals surface area contributed by atoms with Crippen molar-refractivity contribution >= 4 is 18.6 Å². The summed E-state index contributed by atoms with van der Waals surface area (Å²) in [5.41, 5.74) is 0.219. The molecule has 4 nitrogen and oxygen atoms in total. The average Bonchev–Trinajstić information content (AvgIpc) is 2.60. The third-order valence-corrected chi connectivity index (χ3v) is 4.48. The van der Waals surface area contributed by atoms with Gasteiger partial charge in [-0.3, -0.25) is 4.79 Å². The number of ether oxygens (including phenoxy) is 1. The van der Waals surface area contributed by atoms with Crippen molar-refractivity contribution in [3.63, 3.8) is 0 Å². The summed E-state index contributed by atoms with van der Waals surface area (Å²) in [6.07, 6.45) is -0.0422. The normalized spacial score (nSPS) is 20.4. The Kier molecular flexibility index (Phi) is 4.88. The number of hydrogen-bond donors (Lipinski definition) is 0. The van der Waals surface area contributed by atoms with E-state index in [0.29, 0.717) is 17.4 Å². The molecule has 0 amide bonds. The fraction of sp³-hybridized carbons (Fsp3) is 0.588. The lowest BCUT2D eigenvalue weighted by Crippen LogP contribution is -2.41. The van der Waals surface area contributed by atoms with Crippen LogP contribution in [0.4, 0.5) is 4.39 Å². The molecule has 1 saturated heterocycles. The zero-order chi connectivity index (χ0) is 17.4. The van der Waals surface area contributed by atoms with E-state index in [1.807, 2.05) is 27.7 Å². The minimum Gasteiger partial charge on any atom is -0.463 e. The van der Waals surface area contributed by atoms with Crippen LogP contribution in [0.2, 0.25) is 0 Å². The van der Waals surface area contributed by atoms with E-state index in [1.165, 1.54) is 13.0 Å². The van der Waals surface area contributed by atoms with E-state index < -0.39 is 18.3 Å². The first-order valence-electron chi connectivity index (χ1n) is 7.83. The lowest BCUT2D eigenvalue weighted by atomic mass is 9.78. The van der Waals surface area contributed by atoms with Crippen LogP contribution in [0.25, 0.3) is 0 Å². The molecule has 23 heavy (non-hydrogen) atoms. The topological polar surface area (TPSA) is 44.8 Å². The van der Waals surface area contributed by atoms with E-state index in [9.17, 15) is 9.18 Å². The summed E-state index contributed by atoms with van der Waals surface area (Å²) in [5, 5.41) is 0. The van der Waals surface area contributed by atoms with Crippen molar-refractivity contribution in [2.24, 2.45) is 0 Å². The summed E-state index contributed by atoms with van der Waals surface area (Å²) < 4.78 is 31.2. The first-order valence-corrected chi connectivity index (χ1v) is 7.83. The fourth-order valence-electron chi connectivity index (χ4n) is 2.49. The van der Waals surface area contributed by atoms with Crippen molar-refractivity contribution in [3.05, 3.63) is 29.6 Å². The molecule has 1 aromatic rings. The van der Waals surface area contributed by atoms with Gasteiger partial charge in [-0.15, -0.1) is 0 Å². The zero-order valence-electron chi connectivity index (χ0n) is 14.6. The molecule has 1 aliphatic rings. The molecule has 1 atom stereocenters. The highest BCUT2D eigenvalue weighted by Gasteiger charge is 2.51. The summed E-state index contributed by atoms with van der Waals surface area (Å²) >= 11 is 0. The Labute approximate surface area is 137 Å². The van der Waals surface area contributed by atoms with Gasteiger partial charge in [-0.2, -0.15) is 0 Å². The summed E-state index contributed by atoms with van der Waals surface area (Å²) in [4.78, 5) is 10.9. The first kappa shape index (κ1) is 18.0. The molecule has 0 spiro atoms. The standard InChI is InChI=1S/C17H24BFO4/c1-11(21-12(2)20)9-13-7-8-14(10-15(13)19)18-22-16(3,4)17(5,6)23-18/h7-8,10-11H,9H2,1-6H3. The predicted octanol–water partition coefficient (Wildman–Crippen LogP) is 2.62. The molecule has 1 heterocycles. The van der Waals surface area contributed by atoms with Crippen molar-refractivity contribution in [1.82, 2.24) is 0 Å². The lowest BCUT2D eigenvalue weighted by molar-refractivity contribution is -0.145. The predicted molar refractivity (Wildman–Crippen MR) is 87.0 cm³/mol. The van der Waals surface area contributed by atoms with E-state index in [-0.39, 0.29) is 17.9 Å². The van der Waals surface area contributed by atoms with Gasteiger partial charge in [0.2, 0.25) is 0 Å². The SMILES string of the molecule is CC(=O)OC(C)Cc1ccc(B2OC(C)(C)C(C)(C)O2)cc1F. The maximum Gasteiger partial charge on any atom is 0.494 e. The summed E-state index contributed by atoms with van der Waals surface area (Å²) in [5.74, 6) is -0.719. The van der Waals surface area contributed by atoms with E-state index in [2.05, 4.69) is 0 Å². The molecule has 2 rings (SSSR count). The number of esters is 1. The van der Waals surface area contributed by atoms with Crippen LogP contribution >= 0.6 is 0 Å². The maximum atomic E-state index is 14.3. The molecule has 0 N–H and O–H groups in total. The summed E-state index contributed by atoms with van der Waals surface area (Å²) in [6.45, 7) is 10.9. The zero-order valence-corrected chi connectivity index (χ0v) is 14.6. The Bertz CT molecular complexity index is 584. The van der Waals surface area contributed by atoms with Crippen LogP contribution < -0.4 is 5.46 Å². The smallest absolute Gasteiger partial charge is 0.463 e. The van der Waals surface area contributed by atoms with Gasteiger partial charge < -0.3 is 14.0 Å². The molecule has 1 fully saturated rings. The van der Waals surface area contributed by atoms with Crippen molar-refractivity contribution in [2.75, 3.05) is 0 Å². The van der Waals surface area contributed by atoms with Crippen molar-refractivity contribution < 1.29 is 23.2 Å². The number of rotatable bonds is 4. The molecule has 1 unspecified atom stereocenters. The van der Waals surface area contributed by atoms with E-state index in [4.69, 9.17) is 14.0 Å². The van der Waals surface area contributed by atoms with E-state index in [1.54, 1.807) is 19.1 Å². The Morgan fingerprint density at radius 1 is 1.26 bits per heavy atom. The van der Waals surface area contributed by atoms with Crippen molar-refractivity contribution in [3.8, 4) is 0 Å². The van der Waals surface area contributed by atoms with Gasteiger partial charge in [0, 0.05) is 13.3 Å². The number of carbonyl (C=O) groups excluding carboxylic acids is 1. The number of benzene rings is 1. The molecule has 0 saturated carbocycles. The third-order valence-electron chi connectivity index (χ3n) is 4.48. The highest BCUT2D eigenvalue weighted by atomic mass is 19.1. The average molecular weight is 322 g/mol. The minimum absolute atomic E-state index is 0.328. The third kappa shape index (κ3) is 3.93. The Morgan fingerprint density at radius 2 is 1.83 bits per heavy atom. The van der Waals surface area contributed by atoms with Crippen LogP contribution in [-0.2, 0) is 25.3 Å². The van der Waals surface area contributed by atoms with Crippen molar-refractivity contribution in [2.45, 2.75) is 65.3 Å². The van der Waals surface area contributed by atoms with Crippen molar-refractivity contribution in [1.29, 1.82) is 0 Å². The quantitative estimate of drug-likeness (QED) is 0.631. The molecular weight excluding hydrogens is 298 g/mol. The second kappa shape index (κ2) is 6.25. The maximum absolute atomic E-state index is 14.3. The van der Waals surface area contributed by atoms with Gasteiger partial charge in [0.15, 0.2) is 0 Å². The van der Waals surface area contributed by atoms with Crippen LogP contribution in [0.15, 0.2) is 18.2 Å². The number of hydrogen-bond acceptors (Lipinski definition) is 4. The van der Waals surface area contributed by atoms with Crippen LogP contribution in [0.1, 0.15) is 47.1 Å². The van der Waals surface area contributed by atoms with E-state index >= 15 is 0 Å². The molecule has 0 aromatic heterocycles. The van der Waals surface area contributed by atoms with Crippen LogP contribution in [-0.4, -0.2) is 30.4 Å². The first-order chi connectivity index (χ1) is 10.5. The van der Waals surface area contributed by atoms with Gasteiger partial charge in [-0.05, 0) is 51.7 Å². The Hall–Kier alpha value is -1.40. The Balaban J connectivity index is 2.13. The second-order valence-corrected chi connectivity index (χ2v) is 7.06. The van der Waals surface area contributed by atoms with Gasteiger partial charge in [-0.25, -0.2) is 4.39 Å². The molecular formula is C17H24BFO4.